The lowest BCUT2D eigenvalue weighted by Gasteiger charge is -2.32. The van der Waals surface area contributed by atoms with E-state index in [0.29, 0.717) is 18.7 Å². The maximum atomic E-state index is 12.7. The quantitative estimate of drug-likeness (QED) is 0.925. The SMILES string of the molecule is CC(C)c1nc(C(=O)NC2CCCN(c3cccnc3)C2=O)cs1. The molecule has 1 fully saturated rings. The third kappa shape index (κ3) is 3.46. The van der Waals surface area contributed by atoms with Gasteiger partial charge in [-0.1, -0.05) is 13.8 Å². The van der Waals surface area contributed by atoms with Crippen molar-refractivity contribution in [1.82, 2.24) is 15.3 Å². The molecule has 3 heterocycles. The van der Waals surface area contributed by atoms with Crippen molar-refractivity contribution in [2.75, 3.05) is 11.4 Å². The van der Waals surface area contributed by atoms with Crippen LogP contribution in [-0.4, -0.2) is 34.4 Å². The first-order valence-corrected chi connectivity index (χ1v) is 8.92. The number of piperidine rings is 1. The fourth-order valence-corrected chi connectivity index (χ4v) is 3.48. The van der Waals surface area contributed by atoms with Gasteiger partial charge in [0.05, 0.1) is 16.9 Å². The Bertz CT molecular complexity index is 729. The number of carbonyl (C=O) groups excluding carboxylic acids is 2. The highest BCUT2D eigenvalue weighted by Gasteiger charge is 2.31. The summed E-state index contributed by atoms with van der Waals surface area (Å²) in [6.07, 6.45) is 4.81. The molecule has 1 N–H and O–H groups in total. The van der Waals surface area contributed by atoms with Crippen LogP contribution in [0.3, 0.4) is 0 Å². The standard InChI is InChI=1S/C17H20N4O2S/c1-11(2)16-20-14(10-24-16)15(22)19-13-6-4-8-21(17(13)23)12-5-3-7-18-9-12/h3,5,7,9-11,13H,4,6,8H2,1-2H3,(H,19,22). The predicted molar refractivity (Wildman–Crippen MR) is 93.3 cm³/mol. The van der Waals surface area contributed by atoms with E-state index in [2.05, 4.69) is 15.3 Å². The highest BCUT2D eigenvalue weighted by molar-refractivity contribution is 7.09. The number of anilines is 1. The first-order valence-electron chi connectivity index (χ1n) is 8.04. The first-order chi connectivity index (χ1) is 11.6. The van der Waals surface area contributed by atoms with Gasteiger partial charge >= 0.3 is 0 Å². The summed E-state index contributed by atoms with van der Waals surface area (Å²) in [6.45, 7) is 4.72. The molecule has 3 rings (SSSR count). The lowest BCUT2D eigenvalue weighted by molar-refractivity contribution is -0.121. The maximum absolute atomic E-state index is 12.7. The molecule has 24 heavy (non-hydrogen) atoms. The number of hydrogen-bond acceptors (Lipinski definition) is 5. The Morgan fingerprint density at radius 3 is 2.96 bits per heavy atom. The van der Waals surface area contributed by atoms with Crippen LogP contribution in [0.15, 0.2) is 29.9 Å². The van der Waals surface area contributed by atoms with Crippen LogP contribution in [0.25, 0.3) is 0 Å². The highest BCUT2D eigenvalue weighted by atomic mass is 32.1. The van der Waals surface area contributed by atoms with Crippen LogP contribution in [0.5, 0.6) is 0 Å². The summed E-state index contributed by atoms with van der Waals surface area (Å²) in [6, 6.07) is 3.13. The van der Waals surface area contributed by atoms with Crippen molar-refractivity contribution in [3.8, 4) is 0 Å². The molecule has 0 aliphatic carbocycles. The van der Waals surface area contributed by atoms with Gasteiger partial charge in [0.2, 0.25) is 5.91 Å². The number of nitrogens with one attached hydrogen (secondary N) is 1. The molecule has 2 aromatic rings. The zero-order valence-electron chi connectivity index (χ0n) is 13.7. The Labute approximate surface area is 144 Å². The molecule has 1 atom stereocenters. The summed E-state index contributed by atoms with van der Waals surface area (Å²) in [5, 5.41) is 5.50. The molecule has 1 saturated heterocycles. The van der Waals surface area contributed by atoms with Gasteiger partial charge in [0.15, 0.2) is 0 Å². The van der Waals surface area contributed by atoms with Gasteiger partial charge in [0.1, 0.15) is 11.7 Å². The monoisotopic (exact) mass is 344 g/mol. The molecular weight excluding hydrogens is 324 g/mol. The van der Waals surface area contributed by atoms with E-state index in [1.807, 2.05) is 19.9 Å². The minimum absolute atomic E-state index is 0.0955. The Balaban J connectivity index is 1.70. The molecule has 1 aliphatic rings. The Hall–Kier alpha value is -2.28. The van der Waals surface area contributed by atoms with Crippen molar-refractivity contribution in [1.29, 1.82) is 0 Å². The van der Waals surface area contributed by atoms with Gasteiger partial charge in [-0.25, -0.2) is 4.98 Å². The van der Waals surface area contributed by atoms with Crippen molar-refractivity contribution in [2.24, 2.45) is 0 Å². The van der Waals surface area contributed by atoms with Crippen LogP contribution in [0.1, 0.15) is 48.1 Å². The average molecular weight is 344 g/mol. The summed E-state index contributed by atoms with van der Waals surface area (Å²) in [4.78, 5) is 35.1. The zero-order valence-corrected chi connectivity index (χ0v) is 14.5. The topological polar surface area (TPSA) is 75.2 Å². The minimum atomic E-state index is -0.518. The molecular formula is C17H20N4O2S. The van der Waals surface area contributed by atoms with Crippen LogP contribution < -0.4 is 10.2 Å². The second-order valence-corrected chi connectivity index (χ2v) is 6.98. The van der Waals surface area contributed by atoms with Crippen LogP contribution in [-0.2, 0) is 4.79 Å². The minimum Gasteiger partial charge on any atom is -0.339 e. The predicted octanol–water partition coefficient (Wildman–Crippen LogP) is 2.59. The molecule has 0 radical (unpaired) electrons. The molecule has 2 aromatic heterocycles. The number of thiazole rings is 1. The number of rotatable bonds is 4. The van der Waals surface area contributed by atoms with E-state index in [9.17, 15) is 9.59 Å². The van der Waals surface area contributed by atoms with Crippen molar-refractivity contribution in [3.63, 3.8) is 0 Å². The van der Waals surface area contributed by atoms with Gasteiger partial charge < -0.3 is 10.2 Å². The number of pyridine rings is 1. The normalized spacial score (nSPS) is 18.0. The van der Waals surface area contributed by atoms with Gasteiger partial charge in [0, 0.05) is 24.0 Å². The van der Waals surface area contributed by atoms with Crippen molar-refractivity contribution in [3.05, 3.63) is 40.6 Å². The lowest BCUT2D eigenvalue weighted by atomic mass is 10.0. The Kier molecular flexibility index (Phi) is 4.89. The summed E-state index contributed by atoms with van der Waals surface area (Å²) in [5.74, 6) is -0.0969. The van der Waals surface area contributed by atoms with E-state index in [1.165, 1.54) is 11.3 Å². The van der Waals surface area contributed by atoms with E-state index < -0.39 is 6.04 Å². The van der Waals surface area contributed by atoms with Crippen molar-refractivity contribution >= 4 is 28.8 Å². The summed E-state index contributed by atoms with van der Waals surface area (Å²) >= 11 is 1.47. The van der Waals surface area contributed by atoms with Gasteiger partial charge in [-0.2, -0.15) is 0 Å². The van der Waals surface area contributed by atoms with E-state index in [4.69, 9.17) is 0 Å². The van der Waals surface area contributed by atoms with E-state index in [1.54, 1.807) is 28.7 Å². The van der Waals surface area contributed by atoms with Gasteiger partial charge in [-0.05, 0) is 25.0 Å². The third-order valence-electron chi connectivity index (χ3n) is 3.95. The highest BCUT2D eigenvalue weighted by Crippen LogP contribution is 2.21. The fraction of sp³-hybridized carbons (Fsp3) is 0.412. The van der Waals surface area contributed by atoms with Crippen LogP contribution >= 0.6 is 11.3 Å². The number of amides is 2. The molecule has 0 bridgehead atoms. The van der Waals surface area contributed by atoms with Gasteiger partial charge in [-0.3, -0.25) is 14.6 Å². The molecule has 1 unspecified atom stereocenters. The van der Waals surface area contributed by atoms with E-state index >= 15 is 0 Å². The number of carbonyl (C=O) groups is 2. The second kappa shape index (κ2) is 7.09. The molecule has 0 aromatic carbocycles. The molecule has 7 heteroatoms. The van der Waals surface area contributed by atoms with Crippen LogP contribution in [0.4, 0.5) is 5.69 Å². The van der Waals surface area contributed by atoms with Crippen molar-refractivity contribution < 1.29 is 9.59 Å². The zero-order chi connectivity index (χ0) is 17.1. The first kappa shape index (κ1) is 16.6. The summed E-state index contributed by atoms with van der Waals surface area (Å²) < 4.78 is 0. The largest absolute Gasteiger partial charge is 0.339 e. The molecule has 126 valence electrons. The molecule has 2 amide bonds. The van der Waals surface area contributed by atoms with E-state index in [0.717, 1.165) is 17.1 Å². The summed E-state index contributed by atoms with van der Waals surface area (Å²) in [5.41, 5.74) is 1.15. The van der Waals surface area contributed by atoms with Crippen LogP contribution in [0, 0.1) is 0 Å². The fourth-order valence-electron chi connectivity index (χ4n) is 2.67. The molecule has 0 spiro atoms. The average Bonchev–Trinajstić information content (AvgIpc) is 3.08. The summed E-state index contributed by atoms with van der Waals surface area (Å²) in [7, 11) is 0. The number of aromatic nitrogens is 2. The molecule has 1 aliphatic heterocycles. The third-order valence-corrected chi connectivity index (χ3v) is 5.10. The lowest BCUT2D eigenvalue weighted by Crippen LogP contribution is -2.52. The van der Waals surface area contributed by atoms with Gasteiger partial charge in [-0.15, -0.1) is 11.3 Å². The smallest absolute Gasteiger partial charge is 0.271 e. The van der Waals surface area contributed by atoms with Crippen LogP contribution in [0.2, 0.25) is 0 Å². The Morgan fingerprint density at radius 2 is 2.29 bits per heavy atom. The number of hydrogen-bond donors (Lipinski definition) is 1. The molecule has 0 saturated carbocycles. The Morgan fingerprint density at radius 1 is 1.46 bits per heavy atom. The van der Waals surface area contributed by atoms with E-state index in [-0.39, 0.29) is 17.7 Å². The van der Waals surface area contributed by atoms with Crippen molar-refractivity contribution in [2.45, 2.75) is 38.6 Å². The second-order valence-electron chi connectivity index (χ2n) is 6.10. The maximum Gasteiger partial charge on any atom is 0.271 e. The van der Waals surface area contributed by atoms with Gasteiger partial charge in [0.25, 0.3) is 5.91 Å². The number of nitrogens with zero attached hydrogens (tertiary/aromatic N) is 3. The molecule has 6 nitrogen and oxygen atoms in total.